The van der Waals surface area contributed by atoms with E-state index < -0.39 is 0 Å². The van der Waals surface area contributed by atoms with Crippen molar-refractivity contribution in [3.8, 4) is 17.2 Å². The number of benzene rings is 2. The van der Waals surface area contributed by atoms with Gasteiger partial charge in [0.15, 0.2) is 0 Å². The molecule has 0 saturated heterocycles. The molecule has 1 aliphatic rings. The highest BCUT2D eigenvalue weighted by Gasteiger charge is 2.37. The zero-order chi connectivity index (χ0) is 26.5. The van der Waals surface area contributed by atoms with Crippen LogP contribution in [0.1, 0.15) is 120 Å². The first-order valence-electron chi connectivity index (χ1n) is 14.8. The Kier molecular flexibility index (Phi) is 11.7. The first-order valence-corrected chi connectivity index (χ1v) is 14.8. The maximum atomic E-state index is 12.8. The molecule has 0 radical (unpaired) electrons. The van der Waals surface area contributed by atoms with Crippen molar-refractivity contribution in [3.05, 3.63) is 59.7 Å². The summed E-state index contributed by atoms with van der Waals surface area (Å²) in [5, 5.41) is 9.79. The van der Waals surface area contributed by atoms with E-state index in [-0.39, 0.29) is 17.5 Å². The van der Waals surface area contributed by atoms with Crippen molar-refractivity contribution in [2.75, 3.05) is 0 Å². The van der Waals surface area contributed by atoms with Crippen molar-refractivity contribution < 1.29 is 9.53 Å². The Morgan fingerprint density at radius 3 is 2.05 bits per heavy atom. The van der Waals surface area contributed by atoms with Gasteiger partial charge in [-0.05, 0) is 79.7 Å². The van der Waals surface area contributed by atoms with Gasteiger partial charge in [0.05, 0.1) is 17.0 Å². The number of nitriles is 1. The van der Waals surface area contributed by atoms with E-state index in [1.807, 2.05) is 24.3 Å². The highest BCUT2D eigenvalue weighted by Crippen LogP contribution is 2.42. The number of hydrogen-bond acceptors (Lipinski definition) is 3. The maximum Gasteiger partial charge on any atom is 0.338 e. The number of carbonyl (C=O) groups excluding carboxylic acids is 1. The molecule has 0 bridgehead atoms. The normalized spacial score (nSPS) is 20.2. The zero-order valence-electron chi connectivity index (χ0n) is 23.4. The van der Waals surface area contributed by atoms with Crippen LogP contribution >= 0.6 is 0 Å². The molecule has 37 heavy (non-hydrogen) atoms. The van der Waals surface area contributed by atoms with Crippen molar-refractivity contribution in [1.82, 2.24) is 0 Å². The van der Waals surface area contributed by atoms with Gasteiger partial charge in [0, 0.05) is 0 Å². The third kappa shape index (κ3) is 9.03. The smallest absolute Gasteiger partial charge is 0.338 e. The second kappa shape index (κ2) is 15.0. The molecule has 0 unspecified atom stereocenters. The molecular formula is C34H47NO2. The number of esters is 1. The third-order valence-electron chi connectivity index (χ3n) is 8.31. The molecule has 0 heterocycles. The molecule has 2 aromatic rings. The lowest BCUT2D eigenvalue weighted by Crippen LogP contribution is -2.32. The predicted octanol–water partition coefficient (Wildman–Crippen LogP) is 9.69. The first-order chi connectivity index (χ1) is 18.0. The zero-order valence-corrected chi connectivity index (χ0v) is 23.4. The van der Waals surface area contributed by atoms with Crippen LogP contribution in [0.15, 0.2) is 48.5 Å². The third-order valence-corrected chi connectivity index (χ3v) is 8.31. The lowest BCUT2D eigenvalue weighted by Gasteiger charge is -2.36. The Bertz CT molecular complexity index is 978. The number of ether oxygens (including phenoxy) is 1. The van der Waals surface area contributed by atoms with Gasteiger partial charge in [0.2, 0.25) is 0 Å². The lowest BCUT2D eigenvalue weighted by molar-refractivity contribution is 0.00923. The van der Waals surface area contributed by atoms with E-state index in [0.717, 1.165) is 50.5 Å². The molecule has 1 atom stereocenters. The van der Waals surface area contributed by atoms with E-state index in [1.54, 1.807) is 0 Å². The van der Waals surface area contributed by atoms with Crippen molar-refractivity contribution >= 4 is 5.97 Å². The minimum Gasteiger partial charge on any atom is -0.459 e. The van der Waals surface area contributed by atoms with Crippen LogP contribution in [0.5, 0.6) is 0 Å². The summed E-state index contributed by atoms with van der Waals surface area (Å²) in [6.45, 7) is 6.67. The summed E-state index contributed by atoms with van der Waals surface area (Å²) in [5.74, 6) is 0.298. The molecule has 0 amide bonds. The molecule has 1 fully saturated rings. The molecule has 2 aromatic carbocycles. The topological polar surface area (TPSA) is 50.1 Å². The van der Waals surface area contributed by atoms with E-state index in [1.165, 1.54) is 56.1 Å². The number of carbonyl (C=O) groups is 1. The molecular weight excluding hydrogens is 454 g/mol. The van der Waals surface area contributed by atoms with Crippen molar-refractivity contribution in [1.29, 1.82) is 5.26 Å². The Morgan fingerprint density at radius 2 is 1.49 bits per heavy atom. The molecule has 0 aliphatic heterocycles. The average Bonchev–Trinajstić information content (AvgIpc) is 2.94. The highest BCUT2D eigenvalue weighted by atomic mass is 16.5. The van der Waals surface area contributed by atoms with E-state index in [2.05, 4.69) is 51.1 Å². The minimum absolute atomic E-state index is 0.0885. The molecule has 3 rings (SSSR count). The van der Waals surface area contributed by atoms with Crippen LogP contribution in [0.2, 0.25) is 0 Å². The lowest BCUT2D eigenvalue weighted by atomic mass is 9.69. The van der Waals surface area contributed by atoms with Crippen molar-refractivity contribution in [3.63, 3.8) is 0 Å². The first kappa shape index (κ1) is 29.0. The van der Waals surface area contributed by atoms with Gasteiger partial charge < -0.3 is 4.74 Å². The second-order valence-electron chi connectivity index (χ2n) is 11.4. The fraction of sp³-hybridized carbons (Fsp3) is 0.588. The number of unbranched alkanes of at least 4 members (excludes halogenated alkanes) is 6. The van der Waals surface area contributed by atoms with Crippen molar-refractivity contribution in [2.24, 2.45) is 11.3 Å². The fourth-order valence-corrected chi connectivity index (χ4v) is 5.60. The average molecular weight is 502 g/mol. The summed E-state index contributed by atoms with van der Waals surface area (Å²) in [6.07, 6.45) is 15.7. The van der Waals surface area contributed by atoms with Gasteiger partial charge in [-0.2, -0.15) is 5.26 Å². The second-order valence-corrected chi connectivity index (χ2v) is 11.4. The predicted molar refractivity (Wildman–Crippen MR) is 153 cm³/mol. The van der Waals surface area contributed by atoms with Gasteiger partial charge in [-0.3, -0.25) is 0 Å². The van der Waals surface area contributed by atoms with Gasteiger partial charge in [-0.25, -0.2) is 4.79 Å². The highest BCUT2D eigenvalue weighted by molar-refractivity contribution is 5.90. The van der Waals surface area contributed by atoms with Gasteiger partial charge >= 0.3 is 5.97 Å². The summed E-state index contributed by atoms with van der Waals surface area (Å²) in [5.41, 5.74) is 4.03. The van der Waals surface area contributed by atoms with Gasteiger partial charge in [0.25, 0.3) is 0 Å². The number of aryl methyl sites for hydroxylation is 1. The van der Waals surface area contributed by atoms with E-state index in [9.17, 15) is 10.1 Å². The van der Waals surface area contributed by atoms with Crippen LogP contribution in [0.25, 0.3) is 11.1 Å². The molecule has 1 saturated carbocycles. The summed E-state index contributed by atoms with van der Waals surface area (Å²) in [4.78, 5) is 12.8. The number of hydrogen-bond donors (Lipinski definition) is 0. The Hall–Kier alpha value is -2.60. The molecule has 3 heteroatoms. The van der Waals surface area contributed by atoms with Crippen molar-refractivity contribution in [2.45, 2.75) is 117 Å². The summed E-state index contributed by atoms with van der Waals surface area (Å²) in [7, 11) is 0. The van der Waals surface area contributed by atoms with Crippen LogP contribution in [0.3, 0.4) is 0 Å². The van der Waals surface area contributed by atoms with Gasteiger partial charge in [-0.1, -0.05) is 102 Å². The number of rotatable bonds is 14. The van der Waals surface area contributed by atoms with Crippen LogP contribution in [-0.2, 0) is 11.2 Å². The maximum absolute atomic E-state index is 12.8. The monoisotopic (exact) mass is 501 g/mol. The number of nitrogens with zero attached hydrogens (tertiary/aromatic N) is 1. The van der Waals surface area contributed by atoms with Crippen LogP contribution in [0.4, 0.5) is 0 Å². The molecule has 0 spiro atoms. The molecule has 0 aromatic heterocycles. The molecule has 0 N–H and O–H groups in total. The quantitative estimate of drug-likeness (QED) is 0.191. The minimum atomic E-state index is -0.257. The van der Waals surface area contributed by atoms with Gasteiger partial charge in [-0.15, -0.1) is 0 Å². The SMILES string of the molecule is CCCCCCCCCc1ccc(-c2ccc(C(=O)OC3CCC(C#N)(C[C@H](C)CC)CC3)cc2)cc1. The molecule has 1 aliphatic carbocycles. The van der Waals surface area contributed by atoms with Crippen LogP contribution in [-0.4, -0.2) is 12.1 Å². The van der Waals surface area contributed by atoms with Crippen LogP contribution < -0.4 is 0 Å². The van der Waals surface area contributed by atoms with Crippen LogP contribution in [0, 0.1) is 22.7 Å². The largest absolute Gasteiger partial charge is 0.459 e. The fourth-order valence-electron chi connectivity index (χ4n) is 5.60. The molecule has 200 valence electrons. The molecule has 3 nitrogen and oxygen atoms in total. The Balaban J connectivity index is 1.45. The summed E-state index contributed by atoms with van der Waals surface area (Å²) >= 11 is 0. The van der Waals surface area contributed by atoms with E-state index >= 15 is 0 Å². The Morgan fingerprint density at radius 1 is 0.919 bits per heavy atom. The standard InChI is InChI=1S/C34H47NO2/c1-4-6-7-8-9-10-11-12-28-13-15-29(16-14-28)30-17-19-31(20-18-30)33(36)37-32-21-23-34(26-35,24-22-32)25-27(3)5-2/h13-20,27,32H,4-12,21-25H2,1-3H3/t27-,32?,34?/m1/s1. The van der Waals surface area contributed by atoms with Gasteiger partial charge in [0.1, 0.15) is 6.10 Å². The summed E-state index contributed by atoms with van der Waals surface area (Å²) in [6, 6.07) is 19.2. The Labute approximate surface area is 225 Å². The summed E-state index contributed by atoms with van der Waals surface area (Å²) < 4.78 is 5.83. The van der Waals surface area contributed by atoms with E-state index in [0.29, 0.717) is 11.5 Å². The van der Waals surface area contributed by atoms with E-state index in [4.69, 9.17) is 4.74 Å².